The zero-order valence-corrected chi connectivity index (χ0v) is 14.3. The number of hydrogen-bond acceptors (Lipinski definition) is 7. The van der Waals surface area contributed by atoms with E-state index in [1.165, 1.54) is 0 Å². The highest BCUT2D eigenvalue weighted by atomic mass is 32.2. The lowest BCUT2D eigenvalue weighted by molar-refractivity contribution is -0.176. The van der Waals surface area contributed by atoms with Gasteiger partial charge in [-0.15, -0.1) is 0 Å². The summed E-state index contributed by atoms with van der Waals surface area (Å²) < 4.78 is 43.5. The van der Waals surface area contributed by atoms with Gasteiger partial charge in [0, 0.05) is 6.61 Å². The maximum atomic E-state index is 12.2. The average Bonchev–Trinajstić information content (AvgIpc) is 2.55. The van der Waals surface area contributed by atoms with E-state index in [4.69, 9.17) is 18.4 Å². The van der Waals surface area contributed by atoms with Crippen LogP contribution in [-0.4, -0.2) is 52.4 Å². The van der Waals surface area contributed by atoms with Crippen molar-refractivity contribution in [1.29, 1.82) is 0 Å². The van der Waals surface area contributed by atoms with E-state index < -0.39 is 34.6 Å². The summed E-state index contributed by atoms with van der Waals surface area (Å²) in [5.41, 5.74) is 0.389. The van der Waals surface area contributed by atoms with Crippen molar-refractivity contribution >= 4 is 16.1 Å². The molecule has 0 spiro atoms. The molecule has 132 valence electrons. The number of ether oxygens (including phenoxy) is 3. The van der Waals surface area contributed by atoms with Crippen LogP contribution in [-0.2, 0) is 28.5 Å². The molecule has 24 heavy (non-hydrogen) atoms. The smallest absolute Gasteiger partial charge is 0.338 e. The second kappa shape index (κ2) is 8.39. The zero-order valence-electron chi connectivity index (χ0n) is 13.5. The van der Waals surface area contributed by atoms with Gasteiger partial charge in [0.1, 0.15) is 12.2 Å². The first-order valence-electron chi connectivity index (χ1n) is 7.45. The molecule has 1 aliphatic heterocycles. The van der Waals surface area contributed by atoms with Crippen molar-refractivity contribution < 1.29 is 31.6 Å². The van der Waals surface area contributed by atoms with Crippen molar-refractivity contribution in [3.63, 3.8) is 0 Å². The molecule has 0 saturated carbocycles. The third-order valence-corrected chi connectivity index (χ3v) is 3.73. The van der Waals surface area contributed by atoms with Crippen molar-refractivity contribution in [3.05, 3.63) is 48.0 Å². The molecule has 1 aromatic rings. The molecule has 0 bridgehead atoms. The number of rotatable bonds is 7. The van der Waals surface area contributed by atoms with Crippen LogP contribution in [0.1, 0.15) is 17.3 Å². The topological polar surface area (TPSA) is 88.1 Å². The molecule has 0 aromatic heterocycles. The van der Waals surface area contributed by atoms with Crippen LogP contribution in [0.3, 0.4) is 0 Å². The van der Waals surface area contributed by atoms with E-state index in [1.807, 2.05) is 0 Å². The Morgan fingerprint density at radius 1 is 1.21 bits per heavy atom. The van der Waals surface area contributed by atoms with E-state index in [0.29, 0.717) is 12.2 Å². The van der Waals surface area contributed by atoms with Crippen LogP contribution >= 0.6 is 0 Å². The predicted molar refractivity (Wildman–Crippen MR) is 85.9 cm³/mol. The summed E-state index contributed by atoms with van der Waals surface area (Å²) in [6, 6.07) is 8.48. The SMILES string of the molecule is CCOC1C=CC(OC(=O)c2ccccc2)C(COS(C)(=O)=O)O1. The Balaban J connectivity index is 2.08. The summed E-state index contributed by atoms with van der Waals surface area (Å²) in [5.74, 6) is -0.534. The number of carbonyl (C=O) groups is 1. The van der Waals surface area contributed by atoms with Gasteiger partial charge in [-0.1, -0.05) is 18.2 Å². The van der Waals surface area contributed by atoms with E-state index in [1.54, 1.807) is 49.4 Å². The molecule has 0 fully saturated rings. The Hall–Kier alpha value is -1.74. The molecular formula is C16H20O7S. The van der Waals surface area contributed by atoms with E-state index in [-0.39, 0.29) is 6.61 Å². The molecule has 0 aliphatic carbocycles. The van der Waals surface area contributed by atoms with E-state index in [0.717, 1.165) is 6.26 Å². The average molecular weight is 356 g/mol. The summed E-state index contributed by atoms with van der Waals surface area (Å²) in [4.78, 5) is 12.2. The molecule has 3 unspecified atom stereocenters. The van der Waals surface area contributed by atoms with Crippen molar-refractivity contribution in [2.75, 3.05) is 19.5 Å². The monoisotopic (exact) mass is 356 g/mol. The molecule has 0 radical (unpaired) electrons. The Bertz CT molecular complexity index is 669. The summed E-state index contributed by atoms with van der Waals surface area (Å²) in [6.45, 7) is 1.95. The summed E-state index contributed by atoms with van der Waals surface area (Å²) in [7, 11) is -3.64. The highest BCUT2D eigenvalue weighted by molar-refractivity contribution is 7.85. The molecule has 0 amide bonds. The molecule has 0 saturated heterocycles. The normalized spacial score (nSPS) is 23.8. The molecule has 1 aromatic carbocycles. The minimum absolute atomic E-state index is 0.278. The van der Waals surface area contributed by atoms with Crippen molar-refractivity contribution in [2.24, 2.45) is 0 Å². The standard InChI is InChI=1S/C16H20O7S/c1-3-20-15-10-9-13(14(22-15)11-21-24(2,18)19)23-16(17)12-7-5-4-6-8-12/h4-10,13-15H,3,11H2,1-2H3. The Morgan fingerprint density at radius 3 is 2.54 bits per heavy atom. The quantitative estimate of drug-likeness (QED) is 0.416. The van der Waals surface area contributed by atoms with Crippen molar-refractivity contribution in [3.8, 4) is 0 Å². The lowest BCUT2D eigenvalue weighted by Gasteiger charge is -2.31. The van der Waals surface area contributed by atoms with Gasteiger partial charge < -0.3 is 14.2 Å². The number of hydrogen-bond donors (Lipinski definition) is 0. The number of esters is 1. The van der Waals surface area contributed by atoms with Gasteiger partial charge in [-0.05, 0) is 31.2 Å². The van der Waals surface area contributed by atoms with E-state index >= 15 is 0 Å². The summed E-state index contributed by atoms with van der Waals surface area (Å²) in [6.07, 6.45) is 1.95. The maximum absolute atomic E-state index is 12.2. The summed E-state index contributed by atoms with van der Waals surface area (Å²) in [5, 5.41) is 0. The Kier molecular flexibility index (Phi) is 6.50. The van der Waals surface area contributed by atoms with Gasteiger partial charge >= 0.3 is 5.97 Å². The van der Waals surface area contributed by atoms with Gasteiger partial charge in [0.2, 0.25) is 0 Å². The largest absolute Gasteiger partial charge is 0.452 e. The fraction of sp³-hybridized carbons (Fsp3) is 0.438. The minimum atomic E-state index is -3.64. The maximum Gasteiger partial charge on any atom is 0.338 e. The van der Waals surface area contributed by atoms with Gasteiger partial charge in [0.15, 0.2) is 6.29 Å². The second-order valence-electron chi connectivity index (χ2n) is 5.11. The lowest BCUT2D eigenvalue weighted by atomic mass is 10.1. The minimum Gasteiger partial charge on any atom is -0.452 e. The fourth-order valence-corrected chi connectivity index (χ4v) is 2.47. The lowest BCUT2D eigenvalue weighted by Crippen LogP contribution is -2.42. The molecule has 1 heterocycles. The van der Waals surface area contributed by atoms with E-state index in [2.05, 4.69) is 0 Å². The predicted octanol–water partition coefficient (Wildman–Crippen LogP) is 1.51. The number of benzene rings is 1. The molecule has 8 heteroatoms. The second-order valence-corrected chi connectivity index (χ2v) is 6.75. The highest BCUT2D eigenvalue weighted by Gasteiger charge is 2.32. The van der Waals surface area contributed by atoms with Crippen LogP contribution in [0.25, 0.3) is 0 Å². The van der Waals surface area contributed by atoms with Crippen molar-refractivity contribution in [2.45, 2.75) is 25.4 Å². The van der Waals surface area contributed by atoms with Crippen LogP contribution in [0.5, 0.6) is 0 Å². The molecule has 1 aliphatic rings. The molecule has 7 nitrogen and oxygen atoms in total. The van der Waals surface area contributed by atoms with Gasteiger partial charge in [0.05, 0.1) is 18.4 Å². The van der Waals surface area contributed by atoms with Crippen LogP contribution in [0.15, 0.2) is 42.5 Å². The van der Waals surface area contributed by atoms with Crippen LogP contribution in [0.4, 0.5) is 0 Å². The molecule has 2 rings (SSSR count). The molecule has 3 atom stereocenters. The van der Waals surface area contributed by atoms with Gasteiger partial charge in [-0.3, -0.25) is 4.18 Å². The molecule has 0 N–H and O–H groups in total. The van der Waals surface area contributed by atoms with Crippen LogP contribution in [0.2, 0.25) is 0 Å². The van der Waals surface area contributed by atoms with Gasteiger partial charge in [0.25, 0.3) is 10.1 Å². The summed E-state index contributed by atoms with van der Waals surface area (Å²) >= 11 is 0. The first kappa shape index (κ1) is 18.6. The third kappa shape index (κ3) is 5.72. The highest BCUT2D eigenvalue weighted by Crippen LogP contribution is 2.19. The zero-order chi connectivity index (χ0) is 17.6. The fourth-order valence-electron chi connectivity index (χ4n) is 2.08. The first-order chi connectivity index (χ1) is 11.4. The Morgan fingerprint density at radius 2 is 1.92 bits per heavy atom. The third-order valence-electron chi connectivity index (χ3n) is 3.16. The van der Waals surface area contributed by atoms with Crippen LogP contribution < -0.4 is 0 Å². The van der Waals surface area contributed by atoms with Gasteiger partial charge in [-0.25, -0.2) is 4.79 Å². The number of carbonyl (C=O) groups excluding carboxylic acids is 1. The Labute approximate surface area is 141 Å². The van der Waals surface area contributed by atoms with Gasteiger partial charge in [-0.2, -0.15) is 8.42 Å². The first-order valence-corrected chi connectivity index (χ1v) is 9.26. The van der Waals surface area contributed by atoms with Crippen LogP contribution in [0, 0.1) is 0 Å². The van der Waals surface area contributed by atoms with Crippen molar-refractivity contribution in [1.82, 2.24) is 0 Å². The van der Waals surface area contributed by atoms with E-state index in [9.17, 15) is 13.2 Å². The molecular weight excluding hydrogens is 336 g/mol.